The number of amides is 2. The highest BCUT2D eigenvalue weighted by atomic mass is 16.3. The van der Waals surface area contributed by atoms with E-state index in [0.29, 0.717) is 12.5 Å². The van der Waals surface area contributed by atoms with Crippen LogP contribution in [-0.2, 0) is 0 Å². The molecule has 3 N–H and O–H groups in total. The lowest BCUT2D eigenvalue weighted by molar-refractivity contribution is 0.177. The first-order chi connectivity index (χ1) is 6.87. The van der Waals surface area contributed by atoms with E-state index in [1.54, 1.807) is 0 Å². The van der Waals surface area contributed by atoms with Gasteiger partial charge in [-0.05, 0) is 46.0 Å². The molecule has 1 saturated carbocycles. The standard InChI is InChI=1S/C11H22N2O2/c1-11(2,3)13-10(15)12-7-8-4-5-9(14)6-8/h8-9,14H,4-7H2,1-3H3,(H2,12,13,15). The Morgan fingerprint density at radius 3 is 2.53 bits per heavy atom. The zero-order valence-corrected chi connectivity index (χ0v) is 9.84. The van der Waals surface area contributed by atoms with Gasteiger partial charge in [0.15, 0.2) is 0 Å². The van der Waals surface area contributed by atoms with Gasteiger partial charge in [0.25, 0.3) is 0 Å². The van der Waals surface area contributed by atoms with E-state index in [1.807, 2.05) is 20.8 Å². The summed E-state index contributed by atoms with van der Waals surface area (Å²) in [7, 11) is 0. The van der Waals surface area contributed by atoms with Crippen molar-refractivity contribution in [3.8, 4) is 0 Å². The van der Waals surface area contributed by atoms with Gasteiger partial charge in [-0.2, -0.15) is 0 Å². The van der Waals surface area contributed by atoms with Crippen molar-refractivity contribution in [1.29, 1.82) is 0 Å². The maximum atomic E-state index is 11.4. The van der Waals surface area contributed by atoms with Gasteiger partial charge in [0.2, 0.25) is 0 Å². The molecule has 1 aliphatic carbocycles. The van der Waals surface area contributed by atoms with Crippen molar-refractivity contribution in [2.45, 2.75) is 51.7 Å². The van der Waals surface area contributed by atoms with Crippen molar-refractivity contribution in [2.24, 2.45) is 5.92 Å². The van der Waals surface area contributed by atoms with Gasteiger partial charge in [-0.1, -0.05) is 0 Å². The normalized spacial score (nSPS) is 26.4. The molecule has 4 nitrogen and oxygen atoms in total. The predicted molar refractivity (Wildman–Crippen MR) is 59.6 cm³/mol. The number of aliphatic hydroxyl groups excluding tert-OH is 1. The Labute approximate surface area is 91.4 Å². The number of carbonyl (C=O) groups is 1. The van der Waals surface area contributed by atoms with E-state index in [4.69, 9.17) is 0 Å². The second kappa shape index (κ2) is 4.84. The first kappa shape index (κ1) is 12.3. The molecule has 0 aliphatic heterocycles. The van der Waals surface area contributed by atoms with Crippen LogP contribution in [0.1, 0.15) is 40.0 Å². The number of hydrogen-bond donors (Lipinski definition) is 3. The molecule has 88 valence electrons. The van der Waals surface area contributed by atoms with Crippen LogP contribution in [0.3, 0.4) is 0 Å². The van der Waals surface area contributed by atoms with Gasteiger partial charge >= 0.3 is 6.03 Å². The van der Waals surface area contributed by atoms with Crippen molar-refractivity contribution in [2.75, 3.05) is 6.54 Å². The highest BCUT2D eigenvalue weighted by Crippen LogP contribution is 2.24. The Morgan fingerprint density at radius 1 is 1.40 bits per heavy atom. The van der Waals surface area contributed by atoms with Gasteiger partial charge in [0.1, 0.15) is 0 Å². The molecule has 0 aromatic heterocycles. The largest absolute Gasteiger partial charge is 0.393 e. The molecule has 2 unspecified atom stereocenters. The monoisotopic (exact) mass is 214 g/mol. The van der Waals surface area contributed by atoms with Crippen molar-refractivity contribution < 1.29 is 9.90 Å². The van der Waals surface area contributed by atoms with E-state index < -0.39 is 0 Å². The lowest BCUT2D eigenvalue weighted by atomic mass is 10.1. The van der Waals surface area contributed by atoms with Crippen LogP contribution < -0.4 is 10.6 Å². The zero-order valence-electron chi connectivity index (χ0n) is 9.84. The molecular formula is C11H22N2O2. The number of carbonyl (C=O) groups excluding carboxylic acids is 1. The molecule has 4 heteroatoms. The van der Waals surface area contributed by atoms with Crippen LogP contribution in [0.2, 0.25) is 0 Å². The van der Waals surface area contributed by atoms with E-state index in [-0.39, 0.29) is 17.7 Å². The molecule has 1 aliphatic rings. The van der Waals surface area contributed by atoms with Crippen LogP contribution >= 0.6 is 0 Å². The van der Waals surface area contributed by atoms with Crippen LogP contribution in [0.15, 0.2) is 0 Å². The van der Waals surface area contributed by atoms with Gasteiger partial charge in [0, 0.05) is 12.1 Å². The number of nitrogens with one attached hydrogen (secondary N) is 2. The van der Waals surface area contributed by atoms with E-state index in [0.717, 1.165) is 19.3 Å². The van der Waals surface area contributed by atoms with Gasteiger partial charge in [-0.3, -0.25) is 0 Å². The minimum atomic E-state index is -0.195. The zero-order chi connectivity index (χ0) is 11.5. The fourth-order valence-corrected chi connectivity index (χ4v) is 1.86. The maximum Gasteiger partial charge on any atom is 0.315 e. The van der Waals surface area contributed by atoms with Crippen molar-refractivity contribution >= 4 is 6.03 Å². The number of hydrogen-bond acceptors (Lipinski definition) is 2. The summed E-state index contributed by atoms with van der Waals surface area (Å²) in [6.45, 7) is 6.52. The molecule has 0 aromatic rings. The van der Waals surface area contributed by atoms with Crippen LogP contribution in [-0.4, -0.2) is 29.3 Å². The lowest BCUT2D eigenvalue weighted by Crippen LogP contribution is -2.47. The Hall–Kier alpha value is -0.770. The van der Waals surface area contributed by atoms with E-state index in [9.17, 15) is 9.90 Å². The second-order valence-electron chi connectivity index (χ2n) is 5.42. The topological polar surface area (TPSA) is 61.4 Å². The van der Waals surface area contributed by atoms with Crippen molar-refractivity contribution in [3.05, 3.63) is 0 Å². The number of rotatable bonds is 2. The molecule has 2 amide bonds. The highest BCUT2D eigenvalue weighted by molar-refractivity contribution is 5.74. The molecule has 0 bridgehead atoms. The third kappa shape index (κ3) is 5.02. The first-order valence-corrected chi connectivity index (χ1v) is 5.61. The molecule has 0 saturated heterocycles. The average molecular weight is 214 g/mol. The van der Waals surface area contributed by atoms with Gasteiger partial charge in [-0.25, -0.2) is 4.79 Å². The first-order valence-electron chi connectivity index (χ1n) is 5.61. The minimum absolute atomic E-state index is 0.121. The summed E-state index contributed by atoms with van der Waals surface area (Å²) < 4.78 is 0. The molecule has 15 heavy (non-hydrogen) atoms. The highest BCUT2D eigenvalue weighted by Gasteiger charge is 2.23. The number of urea groups is 1. The Kier molecular flexibility index (Phi) is 3.97. The summed E-state index contributed by atoms with van der Waals surface area (Å²) in [6.07, 6.45) is 2.53. The second-order valence-corrected chi connectivity index (χ2v) is 5.42. The Balaban J connectivity index is 2.17. The smallest absolute Gasteiger partial charge is 0.315 e. The fraction of sp³-hybridized carbons (Fsp3) is 0.909. The maximum absolute atomic E-state index is 11.4. The van der Waals surface area contributed by atoms with Gasteiger partial charge in [0.05, 0.1) is 6.10 Å². The van der Waals surface area contributed by atoms with E-state index in [1.165, 1.54) is 0 Å². The summed E-state index contributed by atoms with van der Waals surface area (Å²) >= 11 is 0. The Morgan fingerprint density at radius 2 is 2.07 bits per heavy atom. The Bertz CT molecular complexity index is 223. The van der Waals surface area contributed by atoms with Crippen molar-refractivity contribution in [3.63, 3.8) is 0 Å². The van der Waals surface area contributed by atoms with Crippen LogP contribution in [0, 0.1) is 5.92 Å². The summed E-state index contributed by atoms with van der Waals surface area (Å²) in [5.74, 6) is 0.436. The SMILES string of the molecule is CC(C)(C)NC(=O)NCC1CCC(O)C1. The average Bonchev–Trinajstić information content (AvgIpc) is 2.45. The predicted octanol–water partition coefficient (Wildman–Crippen LogP) is 1.25. The fourth-order valence-electron chi connectivity index (χ4n) is 1.86. The summed E-state index contributed by atoms with van der Waals surface area (Å²) in [5.41, 5.74) is -0.195. The third-order valence-electron chi connectivity index (χ3n) is 2.55. The molecule has 2 atom stereocenters. The molecule has 1 fully saturated rings. The molecule has 0 spiro atoms. The minimum Gasteiger partial charge on any atom is -0.393 e. The lowest BCUT2D eigenvalue weighted by Gasteiger charge is -2.21. The van der Waals surface area contributed by atoms with Crippen molar-refractivity contribution in [1.82, 2.24) is 10.6 Å². The van der Waals surface area contributed by atoms with E-state index >= 15 is 0 Å². The molecular weight excluding hydrogens is 192 g/mol. The molecule has 0 radical (unpaired) electrons. The summed E-state index contributed by atoms with van der Waals surface area (Å²) in [6, 6.07) is -0.121. The van der Waals surface area contributed by atoms with Gasteiger partial charge in [-0.15, -0.1) is 0 Å². The van der Waals surface area contributed by atoms with Crippen LogP contribution in [0.4, 0.5) is 4.79 Å². The quantitative estimate of drug-likeness (QED) is 0.647. The number of aliphatic hydroxyl groups is 1. The third-order valence-corrected chi connectivity index (χ3v) is 2.55. The van der Waals surface area contributed by atoms with Crippen LogP contribution in [0.5, 0.6) is 0 Å². The summed E-state index contributed by atoms with van der Waals surface area (Å²) in [5, 5.41) is 15.0. The molecule has 1 rings (SSSR count). The summed E-state index contributed by atoms with van der Waals surface area (Å²) in [4.78, 5) is 11.4. The van der Waals surface area contributed by atoms with Crippen LogP contribution in [0.25, 0.3) is 0 Å². The molecule has 0 aromatic carbocycles. The van der Waals surface area contributed by atoms with E-state index in [2.05, 4.69) is 10.6 Å². The molecule has 0 heterocycles. The van der Waals surface area contributed by atoms with Gasteiger partial charge < -0.3 is 15.7 Å².